The Hall–Kier alpha value is -1.87. The van der Waals surface area contributed by atoms with E-state index in [4.69, 9.17) is 16.6 Å². The number of hydrogen-bond acceptors (Lipinski definition) is 2. The van der Waals surface area contributed by atoms with Gasteiger partial charge in [-0.2, -0.15) is 0 Å². The zero-order chi connectivity index (χ0) is 29.0. The predicted octanol–water partition coefficient (Wildman–Crippen LogP) is 9.80. The van der Waals surface area contributed by atoms with Crippen LogP contribution in [0, 0.1) is 23.7 Å². The van der Waals surface area contributed by atoms with Crippen LogP contribution in [0.5, 0.6) is 0 Å². The number of carbonyl (C=O) groups excluding carboxylic acids is 1. The minimum absolute atomic E-state index is 0.0605. The molecule has 3 rings (SSSR count). The minimum Gasteiger partial charge on any atom is -0.311 e. The van der Waals surface area contributed by atoms with Crippen molar-refractivity contribution in [3.63, 3.8) is 0 Å². The number of nitrogens with zero attached hydrogens (tertiary/aromatic N) is 2. The van der Waals surface area contributed by atoms with Gasteiger partial charge < -0.3 is 4.90 Å². The molecule has 1 fully saturated rings. The van der Waals surface area contributed by atoms with Gasteiger partial charge in [0.15, 0.2) is 0 Å². The molecular weight excluding hydrogens is 500 g/mol. The highest BCUT2D eigenvalue weighted by atomic mass is 35.5. The van der Waals surface area contributed by atoms with Crippen molar-refractivity contribution in [1.29, 1.82) is 0 Å². The summed E-state index contributed by atoms with van der Waals surface area (Å²) in [6, 6.07) is 6.57. The molecule has 2 aliphatic carbocycles. The summed E-state index contributed by atoms with van der Waals surface area (Å²) in [7, 11) is 0. The van der Waals surface area contributed by atoms with Crippen molar-refractivity contribution in [2.45, 2.75) is 131 Å². The average Bonchev–Trinajstić information content (AvgIpc) is 2.85. The van der Waals surface area contributed by atoms with E-state index in [0.717, 1.165) is 68.2 Å². The molecule has 216 valence electrons. The number of allylic oxidation sites excluding steroid dienone is 3. The van der Waals surface area contributed by atoms with Crippen molar-refractivity contribution in [3.05, 3.63) is 58.7 Å². The van der Waals surface area contributed by atoms with E-state index in [-0.39, 0.29) is 22.8 Å². The van der Waals surface area contributed by atoms with Crippen LogP contribution in [0.2, 0.25) is 0 Å². The first-order valence-corrected chi connectivity index (χ1v) is 15.6. The van der Waals surface area contributed by atoms with Crippen molar-refractivity contribution >= 4 is 23.2 Å². The van der Waals surface area contributed by atoms with Gasteiger partial charge in [0.1, 0.15) is 5.66 Å². The third-order valence-corrected chi connectivity index (χ3v) is 9.15. The highest BCUT2D eigenvalue weighted by molar-refractivity contribution is 6.17. The van der Waals surface area contributed by atoms with E-state index in [9.17, 15) is 4.79 Å². The summed E-state index contributed by atoms with van der Waals surface area (Å²) in [5.41, 5.74) is 5.68. The lowest BCUT2D eigenvalue weighted by Crippen LogP contribution is -2.58. The molecule has 1 amide bonds. The Labute approximate surface area is 244 Å². The fourth-order valence-electron chi connectivity index (χ4n) is 6.63. The van der Waals surface area contributed by atoms with Crippen LogP contribution in [0.15, 0.2) is 47.0 Å². The third-order valence-electron chi connectivity index (χ3n) is 8.84. The summed E-state index contributed by atoms with van der Waals surface area (Å²) in [4.78, 5) is 21.6. The molecule has 0 spiro atoms. The number of carbonyl (C=O) groups is 1. The number of rotatable bonds is 8. The highest BCUT2D eigenvalue weighted by Gasteiger charge is 2.47. The Balaban J connectivity index is 2.15. The molecule has 0 N–H and O–H groups in total. The van der Waals surface area contributed by atoms with E-state index in [1.807, 2.05) is 0 Å². The van der Waals surface area contributed by atoms with Gasteiger partial charge in [-0.1, -0.05) is 77.5 Å². The summed E-state index contributed by atoms with van der Waals surface area (Å²) in [5.74, 6) is 1.25. The first-order chi connectivity index (χ1) is 18.1. The normalized spacial score (nSPS) is 23.4. The predicted molar refractivity (Wildman–Crippen MR) is 169 cm³/mol. The molecule has 39 heavy (non-hydrogen) atoms. The second kappa shape index (κ2) is 12.8. The Morgan fingerprint density at radius 3 is 2.28 bits per heavy atom. The lowest BCUT2D eigenvalue weighted by atomic mass is 9.69. The number of amides is 1. The summed E-state index contributed by atoms with van der Waals surface area (Å²) in [6.45, 7) is 20.0. The van der Waals surface area contributed by atoms with E-state index >= 15 is 0 Å². The molecule has 0 radical (unpaired) electrons. The fraction of sp³-hybridized carbons (Fsp3) is 0.657. The standard InChI is InChI=1S/C35H53ClN2O/c1-25-21-28(24-36)23-30(22-25)26(2)37-35(19-15-31(16-20-35)34(7,8)9)38(27(3)39)32(17-18-33(4,5)6)29-13-11-10-12-14-29/h10-11,13,21-23,31-32H,12,14-20,24H2,1-9H3/b37-26+. The molecule has 3 nitrogen and oxygen atoms in total. The molecule has 1 aromatic rings. The third kappa shape index (κ3) is 8.32. The van der Waals surface area contributed by atoms with Gasteiger partial charge >= 0.3 is 0 Å². The highest BCUT2D eigenvalue weighted by Crippen LogP contribution is 2.47. The molecule has 2 aliphatic rings. The number of aryl methyl sites for hydroxylation is 1. The maximum atomic E-state index is 13.8. The topological polar surface area (TPSA) is 32.7 Å². The minimum atomic E-state index is -0.549. The van der Waals surface area contributed by atoms with Gasteiger partial charge in [0.2, 0.25) is 5.91 Å². The van der Waals surface area contributed by atoms with Crippen LogP contribution in [-0.4, -0.2) is 28.2 Å². The van der Waals surface area contributed by atoms with Gasteiger partial charge in [-0.3, -0.25) is 9.79 Å². The zero-order valence-electron chi connectivity index (χ0n) is 26.2. The molecule has 0 saturated heterocycles. The molecule has 0 aromatic heterocycles. The second-order valence-corrected chi connectivity index (χ2v) is 14.6. The van der Waals surface area contributed by atoms with Crippen molar-refractivity contribution in [3.8, 4) is 0 Å². The molecule has 4 heteroatoms. The molecule has 1 aromatic carbocycles. The lowest BCUT2D eigenvalue weighted by Gasteiger charge is -2.51. The van der Waals surface area contributed by atoms with Crippen LogP contribution < -0.4 is 0 Å². The van der Waals surface area contributed by atoms with E-state index in [1.54, 1.807) is 6.92 Å². The lowest BCUT2D eigenvalue weighted by molar-refractivity contribution is -0.140. The first kappa shape index (κ1) is 31.7. The number of alkyl halides is 1. The summed E-state index contributed by atoms with van der Waals surface area (Å²) >= 11 is 6.24. The van der Waals surface area contributed by atoms with Gasteiger partial charge in [0.25, 0.3) is 0 Å². The Morgan fingerprint density at radius 1 is 1.10 bits per heavy atom. The smallest absolute Gasteiger partial charge is 0.221 e. The van der Waals surface area contributed by atoms with Crippen molar-refractivity contribution in [2.75, 3.05) is 0 Å². The number of aliphatic imine (C=N–C) groups is 1. The Bertz CT molecular complexity index is 1090. The fourth-order valence-corrected chi connectivity index (χ4v) is 6.78. The van der Waals surface area contributed by atoms with E-state index in [0.29, 0.717) is 11.8 Å². The maximum absolute atomic E-state index is 13.8. The molecule has 0 heterocycles. The van der Waals surface area contributed by atoms with Crippen molar-refractivity contribution in [1.82, 2.24) is 4.90 Å². The van der Waals surface area contributed by atoms with E-state index < -0.39 is 5.66 Å². The van der Waals surface area contributed by atoms with Crippen LogP contribution in [0.4, 0.5) is 0 Å². The van der Waals surface area contributed by atoms with E-state index in [1.165, 1.54) is 11.1 Å². The van der Waals surface area contributed by atoms with Crippen LogP contribution in [0.1, 0.15) is 123 Å². The van der Waals surface area contributed by atoms with Crippen LogP contribution in [-0.2, 0) is 10.7 Å². The second-order valence-electron chi connectivity index (χ2n) is 14.4. The van der Waals surface area contributed by atoms with Crippen LogP contribution in [0.25, 0.3) is 0 Å². The Kier molecular flexibility index (Phi) is 10.4. The van der Waals surface area contributed by atoms with Gasteiger partial charge in [0.05, 0.1) is 6.04 Å². The largest absolute Gasteiger partial charge is 0.311 e. The Morgan fingerprint density at radius 2 is 1.77 bits per heavy atom. The molecule has 1 atom stereocenters. The SMILES string of the molecule is CC(=O)N(C(CCC(C)(C)C)C1=CC=CCC1)C1(/N=C(\C)c2cc(C)cc(CCl)c2)CCC(C(C)(C)C)CC1. The molecule has 0 aliphatic heterocycles. The summed E-state index contributed by atoms with van der Waals surface area (Å²) < 4.78 is 0. The summed E-state index contributed by atoms with van der Waals surface area (Å²) in [6.07, 6.45) is 14.7. The zero-order valence-corrected chi connectivity index (χ0v) is 26.9. The first-order valence-electron chi connectivity index (χ1n) is 15.0. The van der Waals surface area contributed by atoms with Gasteiger partial charge in [-0.15, -0.1) is 11.6 Å². The molecular formula is C35H53ClN2O. The number of benzene rings is 1. The van der Waals surface area contributed by atoms with Gasteiger partial charge in [-0.25, -0.2) is 0 Å². The molecule has 1 saturated carbocycles. The monoisotopic (exact) mass is 552 g/mol. The quantitative estimate of drug-likeness (QED) is 0.233. The van der Waals surface area contributed by atoms with Crippen molar-refractivity contribution < 1.29 is 4.79 Å². The van der Waals surface area contributed by atoms with Crippen LogP contribution in [0.3, 0.4) is 0 Å². The average molecular weight is 553 g/mol. The van der Waals surface area contributed by atoms with E-state index in [2.05, 4.69) is 96.7 Å². The molecule has 1 unspecified atom stereocenters. The summed E-state index contributed by atoms with van der Waals surface area (Å²) in [5, 5.41) is 0. The van der Waals surface area contributed by atoms with Crippen molar-refractivity contribution in [2.24, 2.45) is 21.7 Å². The van der Waals surface area contributed by atoms with Gasteiger partial charge in [-0.05, 0) is 105 Å². The van der Waals surface area contributed by atoms with Gasteiger partial charge in [0, 0.05) is 18.5 Å². The molecule has 0 bridgehead atoms. The number of halogens is 1. The number of hydrogen-bond donors (Lipinski definition) is 0. The van der Waals surface area contributed by atoms with Crippen LogP contribution >= 0.6 is 11.6 Å². The maximum Gasteiger partial charge on any atom is 0.221 e.